The molecule has 0 aliphatic heterocycles. The third kappa shape index (κ3) is 2.33. The minimum absolute atomic E-state index is 0.201. The van der Waals surface area contributed by atoms with Crippen LogP contribution in [0.25, 0.3) is 10.4 Å². The molecule has 0 atom stereocenters. The monoisotopic (exact) mass is 270 g/mol. The van der Waals surface area contributed by atoms with Crippen molar-refractivity contribution < 1.29 is 14.3 Å². The first-order valence-electron chi connectivity index (χ1n) is 4.78. The number of rotatable bonds is 2. The van der Waals surface area contributed by atoms with Crippen LogP contribution in [0.1, 0.15) is 15.2 Å². The number of benzene rings is 1. The van der Waals surface area contributed by atoms with E-state index in [9.17, 15) is 9.18 Å². The van der Waals surface area contributed by atoms with Crippen molar-refractivity contribution in [1.29, 1.82) is 0 Å². The molecule has 2 nitrogen and oxygen atoms in total. The topological polar surface area (TPSA) is 37.3 Å². The Balaban J connectivity index is 2.56. The highest BCUT2D eigenvalue weighted by molar-refractivity contribution is 7.17. The van der Waals surface area contributed by atoms with Gasteiger partial charge in [0.05, 0.1) is 0 Å². The normalized spacial score (nSPS) is 10.5. The van der Waals surface area contributed by atoms with E-state index in [0.29, 0.717) is 15.5 Å². The zero-order chi connectivity index (χ0) is 12.6. The molecule has 17 heavy (non-hydrogen) atoms. The van der Waals surface area contributed by atoms with E-state index in [1.165, 1.54) is 12.1 Å². The van der Waals surface area contributed by atoms with E-state index in [4.69, 9.17) is 16.7 Å². The number of hydrogen-bond donors (Lipinski definition) is 1. The lowest BCUT2D eigenvalue weighted by Gasteiger charge is -2.02. The molecule has 0 spiro atoms. The van der Waals surface area contributed by atoms with E-state index in [2.05, 4.69) is 0 Å². The van der Waals surface area contributed by atoms with Gasteiger partial charge in [-0.15, -0.1) is 11.3 Å². The summed E-state index contributed by atoms with van der Waals surface area (Å²) in [7, 11) is 0. The number of thiophene rings is 1. The van der Waals surface area contributed by atoms with Gasteiger partial charge in [0.2, 0.25) is 0 Å². The van der Waals surface area contributed by atoms with Crippen molar-refractivity contribution >= 4 is 28.9 Å². The van der Waals surface area contributed by atoms with E-state index in [1.807, 2.05) is 0 Å². The van der Waals surface area contributed by atoms with Crippen LogP contribution in [-0.2, 0) is 0 Å². The Hall–Kier alpha value is -1.39. The van der Waals surface area contributed by atoms with Gasteiger partial charge in [0.15, 0.2) is 0 Å². The van der Waals surface area contributed by atoms with Crippen molar-refractivity contribution in [3.05, 3.63) is 45.5 Å². The number of carbonyl (C=O) groups is 1. The van der Waals surface area contributed by atoms with Crippen LogP contribution in [0.15, 0.2) is 24.3 Å². The average molecular weight is 271 g/mol. The first kappa shape index (κ1) is 12.1. The molecule has 0 saturated carbocycles. The second-order valence-corrected chi connectivity index (χ2v) is 5.04. The fourth-order valence-corrected chi connectivity index (χ4v) is 2.73. The van der Waals surface area contributed by atoms with Gasteiger partial charge in [-0.25, -0.2) is 9.18 Å². The molecule has 0 bridgehead atoms. The summed E-state index contributed by atoms with van der Waals surface area (Å²) in [4.78, 5) is 11.7. The fourth-order valence-electron chi connectivity index (χ4n) is 1.53. The maximum atomic E-state index is 13.7. The van der Waals surface area contributed by atoms with Crippen molar-refractivity contribution in [1.82, 2.24) is 0 Å². The molecule has 0 amide bonds. The molecule has 0 aliphatic carbocycles. The van der Waals surface area contributed by atoms with E-state index < -0.39 is 11.8 Å². The summed E-state index contributed by atoms with van der Waals surface area (Å²) in [6, 6.07) is 5.90. The third-order valence-corrected chi connectivity index (χ3v) is 3.80. The van der Waals surface area contributed by atoms with Gasteiger partial charge in [0.25, 0.3) is 0 Å². The molecule has 5 heteroatoms. The molecule has 2 rings (SSSR count). The van der Waals surface area contributed by atoms with Gasteiger partial charge in [-0.2, -0.15) is 0 Å². The minimum atomic E-state index is -1.00. The molecular weight excluding hydrogens is 263 g/mol. The summed E-state index contributed by atoms with van der Waals surface area (Å²) in [6.07, 6.45) is 0. The molecule has 0 radical (unpaired) electrons. The molecule has 0 saturated heterocycles. The summed E-state index contributed by atoms with van der Waals surface area (Å²) in [6.45, 7) is 1.76. The zero-order valence-electron chi connectivity index (χ0n) is 8.83. The van der Waals surface area contributed by atoms with Gasteiger partial charge in [-0.3, -0.25) is 0 Å². The Morgan fingerprint density at radius 1 is 1.41 bits per heavy atom. The van der Waals surface area contributed by atoms with Gasteiger partial charge in [-0.1, -0.05) is 11.6 Å². The van der Waals surface area contributed by atoms with Crippen LogP contribution < -0.4 is 0 Å². The predicted octanol–water partition coefficient (Wildman–Crippen LogP) is 4.21. The van der Waals surface area contributed by atoms with Crippen LogP contribution in [0, 0.1) is 12.7 Å². The first-order chi connectivity index (χ1) is 7.99. The molecule has 1 N–H and O–H groups in total. The molecular formula is C12H8ClFO2S. The highest BCUT2D eigenvalue weighted by atomic mass is 35.5. The number of aryl methyl sites for hydroxylation is 1. The standard InChI is InChI=1S/C12H8ClFO2S/c1-6-4-10(12(15)16)17-11(6)8-3-2-7(13)5-9(8)14/h2-5H,1H3,(H,15,16). The quantitative estimate of drug-likeness (QED) is 0.887. The van der Waals surface area contributed by atoms with Gasteiger partial charge in [0, 0.05) is 15.5 Å². The van der Waals surface area contributed by atoms with Crippen molar-refractivity contribution in [2.75, 3.05) is 0 Å². The SMILES string of the molecule is Cc1cc(C(=O)O)sc1-c1ccc(Cl)cc1F. The number of hydrogen-bond acceptors (Lipinski definition) is 2. The van der Waals surface area contributed by atoms with Crippen LogP contribution in [0.3, 0.4) is 0 Å². The molecule has 1 heterocycles. The summed E-state index contributed by atoms with van der Waals surface area (Å²) in [5, 5.41) is 9.20. The van der Waals surface area contributed by atoms with Crippen molar-refractivity contribution in [2.45, 2.75) is 6.92 Å². The number of carboxylic acid groups (broad SMARTS) is 1. The largest absolute Gasteiger partial charge is 0.477 e. The molecule has 1 aromatic carbocycles. The van der Waals surface area contributed by atoms with Crippen molar-refractivity contribution in [3.8, 4) is 10.4 Å². The van der Waals surface area contributed by atoms with Crippen molar-refractivity contribution in [2.24, 2.45) is 0 Å². The molecule has 0 unspecified atom stereocenters. The van der Waals surface area contributed by atoms with Crippen LogP contribution >= 0.6 is 22.9 Å². The number of halogens is 2. The van der Waals surface area contributed by atoms with Gasteiger partial charge < -0.3 is 5.11 Å². The summed E-state index contributed by atoms with van der Waals surface area (Å²) in [5.74, 6) is -1.45. The average Bonchev–Trinajstić information content (AvgIpc) is 2.61. The van der Waals surface area contributed by atoms with Gasteiger partial charge in [-0.05, 0) is 36.8 Å². The lowest BCUT2D eigenvalue weighted by atomic mass is 10.1. The number of carboxylic acids is 1. The molecule has 1 aromatic heterocycles. The second-order valence-electron chi connectivity index (χ2n) is 3.55. The van der Waals surface area contributed by atoms with E-state index in [0.717, 1.165) is 16.9 Å². The van der Waals surface area contributed by atoms with E-state index in [1.54, 1.807) is 19.1 Å². The molecule has 0 fully saturated rings. The second kappa shape index (κ2) is 4.47. The van der Waals surface area contributed by atoms with Gasteiger partial charge in [0.1, 0.15) is 10.7 Å². The Kier molecular flexibility index (Phi) is 3.17. The third-order valence-electron chi connectivity index (χ3n) is 2.30. The first-order valence-corrected chi connectivity index (χ1v) is 5.97. The Morgan fingerprint density at radius 3 is 2.65 bits per heavy atom. The lowest BCUT2D eigenvalue weighted by Crippen LogP contribution is -1.89. The highest BCUT2D eigenvalue weighted by Crippen LogP contribution is 2.34. The number of aromatic carboxylic acids is 1. The Morgan fingerprint density at radius 2 is 2.12 bits per heavy atom. The Bertz CT molecular complexity index is 592. The van der Waals surface area contributed by atoms with Gasteiger partial charge >= 0.3 is 5.97 Å². The van der Waals surface area contributed by atoms with Crippen LogP contribution in [-0.4, -0.2) is 11.1 Å². The van der Waals surface area contributed by atoms with E-state index >= 15 is 0 Å². The maximum Gasteiger partial charge on any atom is 0.345 e. The maximum absolute atomic E-state index is 13.7. The molecule has 0 aliphatic rings. The zero-order valence-corrected chi connectivity index (χ0v) is 10.4. The van der Waals surface area contributed by atoms with Crippen LogP contribution in [0.5, 0.6) is 0 Å². The minimum Gasteiger partial charge on any atom is -0.477 e. The van der Waals surface area contributed by atoms with Crippen LogP contribution in [0.4, 0.5) is 4.39 Å². The Labute approximate surface area is 106 Å². The smallest absolute Gasteiger partial charge is 0.345 e. The van der Waals surface area contributed by atoms with E-state index in [-0.39, 0.29) is 4.88 Å². The lowest BCUT2D eigenvalue weighted by molar-refractivity contribution is 0.0702. The van der Waals surface area contributed by atoms with Crippen LogP contribution in [0.2, 0.25) is 5.02 Å². The summed E-state index contributed by atoms with van der Waals surface area (Å²) >= 11 is 6.73. The van der Waals surface area contributed by atoms with Crippen molar-refractivity contribution in [3.63, 3.8) is 0 Å². The fraction of sp³-hybridized carbons (Fsp3) is 0.0833. The molecule has 2 aromatic rings. The molecule has 88 valence electrons. The summed E-state index contributed by atoms with van der Waals surface area (Å²) in [5.41, 5.74) is 1.12. The predicted molar refractivity (Wildman–Crippen MR) is 66.4 cm³/mol. The highest BCUT2D eigenvalue weighted by Gasteiger charge is 2.15. The summed E-state index contributed by atoms with van der Waals surface area (Å²) < 4.78 is 13.7.